The van der Waals surface area contributed by atoms with Crippen molar-refractivity contribution in [1.29, 1.82) is 0 Å². The number of carbonyl (C=O) groups is 1. The number of hydrogen-bond donors (Lipinski definition) is 1. The number of nitrogens with two attached hydrogens (primary N) is 1. The number of amides is 1. The smallest absolute Gasteiger partial charge is 0.235 e. The summed E-state index contributed by atoms with van der Waals surface area (Å²) in [6.45, 7) is 3.06. The van der Waals surface area contributed by atoms with Crippen LogP contribution < -0.4 is 5.73 Å². The van der Waals surface area contributed by atoms with E-state index in [1.807, 2.05) is 0 Å². The molecule has 1 saturated heterocycles. The van der Waals surface area contributed by atoms with E-state index in [0.29, 0.717) is 11.0 Å². The Morgan fingerprint density at radius 3 is 2.56 bits per heavy atom. The van der Waals surface area contributed by atoms with Gasteiger partial charge in [0.05, 0.1) is 10.4 Å². The van der Waals surface area contributed by atoms with Gasteiger partial charge in [-0.2, -0.15) is 0 Å². The van der Waals surface area contributed by atoms with Crippen LogP contribution in [0.4, 0.5) is 0 Å². The summed E-state index contributed by atoms with van der Waals surface area (Å²) in [6.07, 6.45) is 8.40. The van der Waals surface area contributed by atoms with Gasteiger partial charge in [-0.05, 0) is 38.5 Å². The van der Waals surface area contributed by atoms with Crippen molar-refractivity contribution in [3.05, 3.63) is 0 Å². The normalized spacial score (nSPS) is 27.2. The average Bonchev–Trinajstić information content (AvgIpc) is 2.88. The fraction of sp³-hybridized carbons (Fsp3) is 0.857. The molecular weight excluding hydrogens is 244 g/mol. The Bertz CT molecular complexity index is 337. The van der Waals surface area contributed by atoms with Crippen LogP contribution in [0.2, 0.25) is 0 Å². The van der Waals surface area contributed by atoms with Crippen molar-refractivity contribution in [2.75, 3.05) is 6.54 Å². The van der Waals surface area contributed by atoms with E-state index in [-0.39, 0.29) is 5.91 Å². The van der Waals surface area contributed by atoms with Gasteiger partial charge in [0, 0.05) is 12.6 Å². The molecule has 2 aliphatic rings. The lowest BCUT2D eigenvalue weighted by Crippen LogP contribution is -2.53. The van der Waals surface area contributed by atoms with Crippen LogP contribution in [0.1, 0.15) is 58.3 Å². The number of nitrogens with zero attached hydrogens (tertiary/aromatic N) is 1. The Balaban J connectivity index is 2.20. The minimum absolute atomic E-state index is 0.221. The number of likely N-dealkylation sites (tertiary alicyclic amines) is 1. The second-order valence-electron chi connectivity index (χ2n) is 5.71. The van der Waals surface area contributed by atoms with Crippen molar-refractivity contribution >= 4 is 23.1 Å². The first-order valence-electron chi connectivity index (χ1n) is 7.23. The molecule has 1 aliphatic heterocycles. The van der Waals surface area contributed by atoms with Crippen molar-refractivity contribution < 1.29 is 4.79 Å². The molecule has 0 aromatic carbocycles. The second kappa shape index (κ2) is 5.55. The first-order valence-corrected chi connectivity index (χ1v) is 7.63. The first kappa shape index (κ1) is 13.8. The highest BCUT2D eigenvalue weighted by atomic mass is 32.1. The predicted octanol–water partition coefficient (Wildman–Crippen LogP) is 2.62. The summed E-state index contributed by atoms with van der Waals surface area (Å²) in [5.74, 6) is 0.221. The quantitative estimate of drug-likeness (QED) is 0.800. The molecule has 1 amide bonds. The molecule has 2 N–H and O–H groups in total. The molecule has 0 aromatic heterocycles. The molecule has 1 unspecified atom stereocenters. The van der Waals surface area contributed by atoms with Crippen LogP contribution in [0.25, 0.3) is 0 Å². The third-order valence-electron chi connectivity index (χ3n) is 4.70. The van der Waals surface area contributed by atoms with Crippen molar-refractivity contribution in [2.24, 2.45) is 11.1 Å². The van der Waals surface area contributed by atoms with Gasteiger partial charge in [0.1, 0.15) is 0 Å². The topological polar surface area (TPSA) is 46.3 Å². The second-order valence-corrected chi connectivity index (χ2v) is 6.15. The van der Waals surface area contributed by atoms with E-state index in [0.717, 1.165) is 51.5 Å². The lowest BCUT2D eigenvalue weighted by molar-refractivity contribution is -0.142. The molecule has 3 nitrogen and oxygen atoms in total. The van der Waals surface area contributed by atoms with Crippen molar-refractivity contribution in [2.45, 2.75) is 64.3 Å². The number of carbonyl (C=O) groups excluding carboxylic acids is 1. The Morgan fingerprint density at radius 1 is 1.33 bits per heavy atom. The van der Waals surface area contributed by atoms with Gasteiger partial charge in [-0.15, -0.1) is 0 Å². The van der Waals surface area contributed by atoms with E-state index >= 15 is 0 Å². The molecule has 0 bridgehead atoms. The minimum Gasteiger partial charge on any atom is -0.392 e. The maximum absolute atomic E-state index is 12.9. The Labute approximate surface area is 115 Å². The highest BCUT2D eigenvalue weighted by molar-refractivity contribution is 7.80. The average molecular weight is 268 g/mol. The van der Waals surface area contributed by atoms with Crippen LogP contribution >= 0.6 is 12.2 Å². The monoisotopic (exact) mass is 268 g/mol. The molecule has 1 saturated carbocycles. The summed E-state index contributed by atoms with van der Waals surface area (Å²) >= 11 is 5.22. The molecule has 1 heterocycles. The van der Waals surface area contributed by atoms with Crippen LogP contribution in [0.15, 0.2) is 0 Å². The standard InChI is InChI=1S/C14H24N2OS/c1-2-11-7-3-6-10-16(11)13(17)14(12(15)18)8-4-5-9-14/h11H,2-10H2,1H3,(H2,15,18). The van der Waals surface area contributed by atoms with E-state index in [1.54, 1.807) is 0 Å². The van der Waals surface area contributed by atoms with E-state index in [9.17, 15) is 4.79 Å². The summed E-state index contributed by atoms with van der Waals surface area (Å²) in [7, 11) is 0. The zero-order chi connectivity index (χ0) is 13.2. The van der Waals surface area contributed by atoms with E-state index in [1.165, 1.54) is 6.42 Å². The van der Waals surface area contributed by atoms with Crippen LogP contribution in [-0.2, 0) is 4.79 Å². The van der Waals surface area contributed by atoms with Crippen molar-refractivity contribution in [3.8, 4) is 0 Å². The molecule has 102 valence electrons. The molecule has 1 aliphatic carbocycles. The van der Waals surface area contributed by atoms with Crippen LogP contribution in [0.5, 0.6) is 0 Å². The van der Waals surface area contributed by atoms with Crippen LogP contribution in [-0.4, -0.2) is 28.4 Å². The SMILES string of the molecule is CCC1CCCCN1C(=O)C1(C(N)=S)CCCC1. The number of piperidine rings is 1. The molecule has 1 atom stereocenters. The van der Waals surface area contributed by atoms with Crippen molar-refractivity contribution in [3.63, 3.8) is 0 Å². The zero-order valence-electron chi connectivity index (χ0n) is 11.3. The summed E-state index contributed by atoms with van der Waals surface area (Å²) in [4.78, 5) is 15.4. The van der Waals surface area contributed by atoms with Crippen LogP contribution in [0.3, 0.4) is 0 Å². The van der Waals surface area contributed by atoms with Crippen molar-refractivity contribution in [1.82, 2.24) is 4.90 Å². The van der Waals surface area contributed by atoms with E-state index in [4.69, 9.17) is 18.0 Å². The summed E-state index contributed by atoms with van der Waals surface area (Å²) < 4.78 is 0. The summed E-state index contributed by atoms with van der Waals surface area (Å²) in [5.41, 5.74) is 5.40. The van der Waals surface area contributed by atoms with Gasteiger partial charge in [-0.3, -0.25) is 4.79 Å². The lowest BCUT2D eigenvalue weighted by Gasteiger charge is -2.41. The van der Waals surface area contributed by atoms with Crippen LogP contribution in [0, 0.1) is 5.41 Å². The molecule has 2 fully saturated rings. The number of hydrogen-bond acceptors (Lipinski definition) is 2. The Kier molecular flexibility index (Phi) is 4.25. The minimum atomic E-state index is -0.514. The number of thiocarbonyl (C=S) groups is 1. The molecule has 0 spiro atoms. The fourth-order valence-corrected chi connectivity index (χ4v) is 3.80. The van der Waals surface area contributed by atoms with Gasteiger partial charge in [-0.25, -0.2) is 0 Å². The maximum Gasteiger partial charge on any atom is 0.235 e. The summed E-state index contributed by atoms with van der Waals surface area (Å²) in [5, 5.41) is 0. The fourth-order valence-electron chi connectivity index (χ4n) is 3.51. The van der Waals surface area contributed by atoms with Gasteiger partial charge < -0.3 is 10.6 Å². The molecule has 0 aromatic rings. The largest absolute Gasteiger partial charge is 0.392 e. The van der Waals surface area contributed by atoms with Gasteiger partial charge in [-0.1, -0.05) is 32.0 Å². The van der Waals surface area contributed by atoms with Gasteiger partial charge >= 0.3 is 0 Å². The van der Waals surface area contributed by atoms with E-state index in [2.05, 4.69) is 11.8 Å². The number of rotatable bonds is 3. The molecular formula is C14H24N2OS. The van der Waals surface area contributed by atoms with Gasteiger partial charge in [0.15, 0.2) is 0 Å². The highest BCUT2D eigenvalue weighted by Gasteiger charge is 2.47. The Hall–Kier alpha value is -0.640. The third kappa shape index (κ3) is 2.27. The third-order valence-corrected chi connectivity index (χ3v) is 5.09. The molecule has 18 heavy (non-hydrogen) atoms. The van der Waals surface area contributed by atoms with E-state index < -0.39 is 5.41 Å². The molecule has 0 radical (unpaired) electrons. The predicted molar refractivity (Wildman–Crippen MR) is 77.3 cm³/mol. The van der Waals surface area contributed by atoms with Gasteiger partial charge in [0.2, 0.25) is 5.91 Å². The highest BCUT2D eigenvalue weighted by Crippen LogP contribution is 2.41. The Morgan fingerprint density at radius 2 is 2.00 bits per heavy atom. The maximum atomic E-state index is 12.9. The zero-order valence-corrected chi connectivity index (χ0v) is 12.1. The van der Waals surface area contributed by atoms with Gasteiger partial charge in [0.25, 0.3) is 0 Å². The molecule has 2 rings (SSSR count). The molecule has 4 heteroatoms. The first-order chi connectivity index (χ1) is 8.62. The lowest BCUT2D eigenvalue weighted by atomic mass is 9.83. The summed E-state index contributed by atoms with van der Waals surface area (Å²) in [6, 6.07) is 0.401.